The van der Waals surface area contributed by atoms with Crippen molar-refractivity contribution in [2.45, 2.75) is 19.6 Å². The molecule has 134 valence electrons. The van der Waals surface area contributed by atoms with E-state index in [0.29, 0.717) is 26.2 Å². The van der Waals surface area contributed by atoms with Crippen LogP contribution in [-0.2, 0) is 19.6 Å². The largest absolute Gasteiger partial charge is 0.497 e. The first kappa shape index (κ1) is 16.6. The summed E-state index contributed by atoms with van der Waals surface area (Å²) >= 11 is 1.64. The minimum absolute atomic E-state index is 0.0707. The first-order valence-corrected chi connectivity index (χ1v) is 9.22. The third-order valence-corrected chi connectivity index (χ3v) is 5.32. The second-order valence-corrected chi connectivity index (χ2v) is 7.01. The number of urea groups is 1. The third-order valence-electron chi connectivity index (χ3n) is 4.39. The summed E-state index contributed by atoms with van der Waals surface area (Å²) in [6.07, 6.45) is 1.53. The van der Waals surface area contributed by atoms with E-state index in [0.717, 1.165) is 27.6 Å². The number of hydrogen-bond acceptors (Lipinski definition) is 5. The van der Waals surface area contributed by atoms with E-state index in [-0.39, 0.29) is 6.03 Å². The molecule has 0 atom stereocenters. The molecule has 8 heteroatoms. The van der Waals surface area contributed by atoms with Crippen molar-refractivity contribution >= 4 is 17.4 Å². The highest BCUT2D eigenvalue weighted by atomic mass is 32.1. The molecule has 1 aliphatic heterocycles. The second kappa shape index (κ2) is 7.17. The summed E-state index contributed by atoms with van der Waals surface area (Å²) in [5.74, 6) is 1.66. The minimum atomic E-state index is -0.0707. The van der Waals surface area contributed by atoms with Crippen molar-refractivity contribution in [3.63, 3.8) is 0 Å². The average Bonchev–Trinajstić information content (AvgIpc) is 3.35. The molecule has 0 spiro atoms. The van der Waals surface area contributed by atoms with Crippen LogP contribution in [0.15, 0.2) is 42.0 Å². The number of carbonyl (C=O) groups is 1. The third kappa shape index (κ3) is 3.41. The van der Waals surface area contributed by atoms with Gasteiger partial charge in [0.05, 0.1) is 26.7 Å². The maximum atomic E-state index is 12.4. The highest BCUT2D eigenvalue weighted by molar-refractivity contribution is 7.10. The van der Waals surface area contributed by atoms with E-state index in [4.69, 9.17) is 4.74 Å². The molecule has 0 saturated heterocycles. The number of fused-ring (bicyclic) bond motifs is 1. The molecule has 2 aromatic heterocycles. The summed E-state index contributed by atoms with van der Waals surface area (Å²) in [7, 11) is 1.66. The van der Waals surface area contributed by atoms with Gasteiger partial charge in [0.2, 0.25) is 0 Å². The van der Waals surface area contributed by atoms with Crippen LogP contribution >= 0.6 is 11.3 Å². The Hall–Kier alpha value is -2.87. The normalized spacial score (nSPS) is 13.3. The number of ether oxygens (including phenoxy) is 1. The number of carbonyl (C=O) groups excluding carboxylic acids is 1. The van der Waals surface area contributed by atoms with Crippen LogP contribution in [0.3, 0.4) is 0 Å². The fourth-order valence-electron chi connectivity index (χ4n) is 2.92. The Labute approximate surface area is 155 Å². The Morgan fingerprint density at radius 1 is 1.27 bits per heavy atom. The predicted octanol–water partition coefficient (Wildman–Crippen LogP) is 2.74. The molecule has 1 N–H and O–H groups in total. The monoisotopic (exact) mass is 369 g/mol. The van der Waals surface area contributed by atoms with Crippen molar-refractivity contribution in [3.05, 3.63) is 52.7 Å². The lowest BCUT2D eigenvalue weighted by molar-refractivity contribution is 0.179. The predicted molar refractivity (Wildman–Crippen MR) is 99.0 cm³/mol. The van der Waals surface area contributed by atoms with Gasteiger partial charge >= 0.3 is 6.03 Å². The Bertz CT molecular complexity index is 902. The van der Waals surface area contributed by atoms with Crippen LogP contribution in [0.25, 0.3) is 11.1 Å². The standard InChI is InChI=1S/C18H19N5O2S/c1-25-15-4-2-13(3-5-15)14-8-16(26-11-14)9-19-18(24)22-6-7-23-17(10-22)20-12-21-23/h2-5,8,11-12H,6-7,9-10H2,1H3,(H,19,24). The van der Waals surface area contributed by atoms with E-state index in [9.17, 15) is 4.79 Å². The SMILES string of the molecule is COc1ccc(-c2csc(CNC(=O)N3CCn4ncnc4C3)c2)cc1. The summed E-state index contributed by atoms with van der Waals surface area (Å²) in [5, 5.41) is 9.23. The summed E-state index contributed by atoms with van der Waals surface area (Å²) in [4.78, 5) is 19.5. The lowest BCUT2D eigenvalue weighted by atomic mass is 10.1. The van der Waals surface area contributed by atoms with Gasteiger partial charge < -0.3 is 15.0 Å². The quantitative estimate of drug-likeness (QED) is 0.768. The first-order valence-electron chi connectivity index (χ1n) is 8.34. The Balaban J connectivity index is 1.35. The van der Waals surface area contributed by atoms with Gasteiger partial charge in [0.15, 0.2) is 0 Å². The zero-order chi connectivity index (χ0) is 17.9. The molecular formula is C18H19N5O2S. The van der Waals surface area contributed by atoms with E-state index >= 15 is 0 Å². The van der Waals surface area contributed by atoms with Crippen molar-refractivity contribution in [2.24, 2.45) is 0 Å². The van der Waals surface area contributed by atoms with Gasteiger partial charge in [-0.1, -0.05) is 12.1 Å². The smallest absolute Gasteiger partial charge is 0.318 e. The Morgan fingerprint density at radius 2 is 2.12 bits per heavy atom. The second-order valence-electron chi connectivity index (χ2n) is 6.01. The highest BCUT2D eigenvalue weighted by Gasteiger charge is 2.21. The minimum Gasteiger partial charge on any atom is -0.497 e. The molecule has 0 bridgehead atoms. The van der Waals surface area contributed by atoms with Gasteiger partial charge in [-0.3, -0.25) is 0 Å². The highest BCUT2D eigenvalue weighted by Crippen LogP contribution is 2.27. The molecule has 3 aromatic rings. The van der Waals surface area contributed by atoms with Crippen LogP contribution in [0.5, 0.6) is 5.75 Å². The Morgan fingerprint density at radius 3 is 2.92 bits per heavy atom. The molecule has 0 aliphatic carbocycles. The fraction of sp³-hybridized carbons (Fsp3) is 0.278. The zero-order valence-corrected chi connectivity index (χ0v) is 15.2. The van der Waals surface area contributed by atoms with Crippen molar-refractivity contribution < 1.29 is 9.53 Å². The molecular weight excluding hydrogens is 350 g/mol. The van der Waals surface area contributed by atoms with Crippen molar-refractivity contribution in [1.29, 1.82) is 0 Å². The molecule has 0 saturated carbocycles. The molecule has 2 amide bonds. The number of hydrogen-bond donors (Lipinski definition) is 1. The van der Waals surface area contributed by atoms with Crippen molar-refractivity contribution in [1.82, 2.24) is 25.0 Å². The summed E-state index contributed by atoms with van der Waals surface area (Å²) in [6, 6.07) is 10.0. The molecule has 0 unspecified atom stereocenters. The number of rotatable bonds is 4. The van der Waals surface area contributed by atoms with Crippen molar-refractivity contribution in [3.8, 4) is 16.9 Å². The molecule has 26 heavy (non-hydrogen) atoms. The van der Waals surface area contributed by atoms with Gasteiger partial charge in [-0.25, -0.2) is 14.5 Å². The van der Waals surface area contributed by atoms with Crippen molar-refractivity contribution in [2.75, 3.05) is 13.7 Å². The summed E-state index contributed by atoms with van der Waals surface area (Å²) in [5.41, 5.74) is 2.28. The maximum absolute atomic E-state index is 12.4. The summed E-state index contributed by atoms with van der Waals surface area (Å²) < 4.78 is 7.03. The molecule has 3 heterocycles. The number of amides is 2. The maximum Gasteiger partial charge on any atom is 0.318 e. The molecule has 4 rings (SSSR count). The van der Waals surface area contributed by atoms with E-state index in [1.807, 2.05) is 28.9 Å². The van der Waals surface area contributed by atoms with E-state index < -0.39 is 0 Å². The lowest BCUT2D eigenvalue weighted by Crippen LogP contribution is -2.44. The van der Waals surface area contributed by atoms with Crippen LogP contribution in [-0.4, -0.2) is 39.4 Å². The molecule has 0 radical (unpaired) electrons. The van der Waals surface area contributed by atoms with E-state index in [2.05, 4.69) is 26.8 Å². The Kier molecular flexibility index (Phi) is 4.57. The van der Waals surface area contributed by atoms with E-state index in [1.165, 1.54) is 6.33 Å². The topological polar surface area (TPSA) is 72.3 Å². The van der Waals surface area contributed by atoms with Gasteiger partial charge in [-0.15, -0.1) is 11.3 Å². The average molecular weight is 369 g/mol. The zero-order valence-electron chi connectivity index (χ0n) is 14.4. The summed E-state index contributed by atoms with van der Waals surface area (Å²) in [6.45, 7) is 2.34. The van der Waals surface area contributed by atoms with Crippen LogP contribution in [0.1, 0.15) is 10.7 Å². The molecule has 0 fully saturated rings. The van der Waals surface area contributed by atoms with Gasteiger partial charge in [0.25, 0.3) is 0 Å². The number of nitrogens with zero attached hydrogens (tertiary/aromatic N) is 4. The number of benzene rings is 1. The van der Waals surface area contributed by atoms with Gasteiger partial charge in [-0.2, -0.15) is 5.10 Å². The van der Waals surface area contributed by atoms with Crippen LogP contribution in [0.4, 0.5) is 4.79 Å². The number of aromatic nitrogens is 3. The molecule has 1 aliphatic rings. The number of thiophene rings is 1. The van der Waals surface area contributed by atoms with Gasteiger partial charge in [0, 0.05) is 11.4 Å². The van der Waals surface area contributed by atoms with Crippen LogP contribution < -0.4 is 10.1 Å². The van der Waals surface area contributed by atoms with Gasteiger partial charge in [-0.05, 0) is 34.7 Å². The number of nitrogens with one attached hydrogen (secondary N) is 1. The lowest BCUT2D eigenvalue weighted by Gasteiger charge is -2.26. The van der Waals surface area contributed by atoms with Gasteiger partial charge in [0.1, 0.15) is 17.9 Å². The first-order chi connectivity index (χ1) is 12.7. The fourth-order valence-corrected chi connectivity index (χ4v) is 3.75. The van der Waals surface area contributed by atoms with Crippen LogP contribution in [0, 0.1) is 0 Å². The van der Waals surface area contributed by atoms with Crippen LogP contribution in [0.2, 0.25) is 0 Å². The van der Waals surface area contributed by atoms with E-state index in [1.54, 1.807) is 23.3 Å². The number of methoxy groups -OCH3 is 1. The molecule has 7 nitrogen and oxygen atoms in total. The molecule has 1 aromatic carbocycles.